The van der Waals surface area contributed by atoms with Crippen LogP contribution in [0.15, 0.2) is 41.3 Å². The van der Waals surface area contributed by atoms with E-state index in [0.29, 0.717) is 16.9 Å². The number of benzene rings is 1. The second-order valence-corrected chi connectivity index (χ2v) is 4.55. The molecule has 0 spiro atoms. The molecule has 0 radical (unpaired) electrons. The molecule has 21 heavy (non-hydrogen) atoms. The number of hydrogen-bond acceptors (Lipinski definition) is 4. The van der Waals surface area contributed by atoms with Gasteiger partial charge in [0.2, 0.25) is 5.91 Å². The molecule has 0 aliphatic rings. The van der Waals surface area contributed by atoms with E-state index in [1.807, 2.05) is 30.3 Å². The highest BCUT2D eigenvalue weighted by Crippen LogP contribution is 2.13. The van der Waals surface area contributed by atoms with Crippen molar-refractivity contribution in [3.8, 4) is 5.69 Å². The summed E-state index contributed by atoms with van der Waals surface area (Å²) in [6.07, 6.45) is 1.48. The SMILES string of the molecule is CC(=O)NCc1nc2c(cnn2-c2ccccc2)c(=O)[nH]1. The number of rotatable bonds is 3. The summed E-state index contributed by atoms with van der Waals surface area (Å²) in [6, 6.07) is 9.42. The first-order chi connectivity index (χ1) is 10.1. The molecule has 3 aromatic rings. The maximum Gasteiger partial charge on any atom is 0.262 e. The van der Waals surface area contributed by atoms with Crippen molar-refractivity contribution in [1.29, 1.82) is 0 Å². The lowest BCUT2D eigenvalue weighted by Crippen LogP contribution is -2.23. The Morgan fingerprint density at radius 3 is 2.81 bits per heavy atom. The lowest BCUT2D eigenvalue weighted by Gasteiger charge is -2.04. The zero-order valence-corrected chi connectivity index (χ0v) is 11.3. The van der Waals surface area contributed by atoms with E-state index in [0.717, 1.165) is 5.69 Å². The molecule has 2 aromatic heterocycles. The molecule has 0 bridgehead atoms. The summed E-state index contributed by atoms with van der Waals surface area (Å²) in [4.78, 5) is 30.0. The Kier molecular flexibility index (Phi) is 3.23. The number of para-hydroxylation sites is 1. The number of carbonyl (C=O) groups excluding carboxylic acids is 1. The van der Waals surface area contributed by atoms with Crippen LogP contribution in [0.3, 0.4) is 0 Å². The minimum Gasteiger partial charge on any atom is -0.349 e. The van der Waals surface area contributed by atoms with Crippen LogP contribution >= 0.6 is 0 Å². The number of carbonyl (C=O) groups is 1. The van der Waals surface area contributed by atoms with Crippen LogP contribution in [0.2, 0.25) is 0 Å². The van der Waals surface area contributed by atoms with E-state index >= 15 is 0 Å². The van der Waals surface area contributed by atoms with Gasteiger partial charge in [-0.25, -0.2) is 9.67 Å². The smallest absolute Gasteiger partial charge is 0.262 e. The summed E-state index contributed by atoms with van der Waals surface area (Å²) in [5, 5.41) is 7.22. The highest BCUT2D eigenvalue weighted by Gasteiger charge is 2.11. The number of H-pyrrole nitrogens is 1. The maximum absolute atomic E-state index is 12.0. The van der Waals surface area contributed by atoms with Gasteiger partial charge in [0, 0.05) is 6.92 Å². The van der Waals surface area contributed by atoms with Crippen LogP contribution < -0.4 is 10.9 Å². The monoisotopic (exact) mass is 283 g/mol. The van der Waals surface area contributed by atoms with Crippen molar-refractivity contribution >= 4 is 16.9 Å². The van der Waals surface area contributed by atoms with E-state index in [4.69, 9.17) is 0 Å². The summed E-state index contributed by atoms with van der Waals surface area (Å²) in [5.74, 6) is 0.203. The summed E-state index contributed by atoms with van der Waals surface area (Å²) >= 11 is 0. The van der Waals surface area contributed by atoms with Crippen molar-refractivity contribution in [3.05, 3.63) is 52.7 Å². The van der Waals surface area contributed by atoms with Crippen LogP contribution in [-0.2, 0) is 11.3 Å². The molecule has 0 fully saturated rings. The molecule has 0 unspecified atom stereocenters. The molecule has 0 saturated heterocycles. The van der Waals surface area contributed by atoms with Crippen LogP contribution in [0.25, 0.3) is 16.7 Å². The number of aromatic amines is 1. The number of aromatic nitrogens is 4. The van der Waals surface area contributed by atoms with Gasteiger partial charge in [0.25, 0.3) is 5.56 Å². The van der Waals surface area contributed by atoms with Gasteiger partial charge in [-0.05, 0) is 12.1 Å². The minimum absolute atomic E-state index is 0.167. The van der Waals surface area contributed by atoms with Crippen molar-refractivity contribution in [3.63, 3.8) is 0 Å². The molecule has 7 heteroatoms. The van der Waals surface area contributed by atoms with Crippen LogP contribution in [0.4, 0.5) is 0 Å². The van der Waals surface area contributed by atoms with Gasteiger partial charge in [-0.3, -0.25) is 9.59 Å². The Labute approximate surface area is 119 Å². The fraction of sp³-hybridized carbons (Fsp3) is 0.143. The van der Waals surface area contributed by atoms with E-state index in [1.165, 1.54) is 13.1 Å². The third kappa shape index (κ3) is 2.53. The summed E-state index contributed by atoms with van der Waals surface area (Å²) in [5.41, 5.74) is 1.00. The highest BCUT2D eigenvalue weighted by molar-refractivity contribution is 5.75. The fourth-order valence-electron chi connectivity index (χ4n) is 2.01. The molecular weight excluding hydrogens is 270 g/mol. The predicted molar refractivity (Wildman–Crippen MR) is 77.0 cm³/mol. The van der Waals surface area contributed by atoms with Crippen molar-refractivity contribution in [2.75, 3.05) is 0 Å². The van der Waals surface area contributed by atoms with Gasteiger partial charge in [-0.2, -0.15) is 5.10 Å². The van der Waals surface area contributed by atoms with Crippen LogP contribution in [0.1, 0.15) is 12.7 Å². The van der Waals surface area contributed by atoms with Gasteiger partial charge in [0.15, 0.2) is 5.65 Å². The molecule has 0 aliphatic carbocycles. The lowest BCUT2D eigenvalue weighted by atomic mass is 10.3. The highest BCUT2D eigenvalue weighted by atomic mass is 16.1. The van der Waals surface area contributed by atoms with E-state index < -0.39 is 0 Å². The topological polar surface area (TPSA) is 92.7 Å². The minimum atomic E-state index is -0.275. The van der Waals surface area contributed by atoms with Gasteiger partial charge >= 0.3 is 0 Å². The number of amides is 1. The van der Waals surface area contributed by atoms with Crippen molar-refractivity contribution in [1.82, 2.24) is 25.1 Å². The summed E-state index contributed by atoms with van der Waals surface area (Å²) in [6.45, 7) is 1.57. The maximum atomic E-state index is 12.0. The Bertz CT molecular complexity index is 851. The Morgan fingerprint density at radius 2 is 2.10 bits per heavy atom. The predicted octanol–water partition coefficient (Wildman–Crippen LogP) is 0.745. The zero-order valence-electron chi connectivity index (χ0n) is 11.3. The van der Waals surface area contributed by atoms with E-state index in [9.17, 15) is 9.59 Å². The largest absolute Gasteiger partial charge is 0.349 e. The molecule has 2 heterocycles. The molecule has 2 N–H and O–H groups in total. The molecule has 1 aromatic carbocycles. The van der Waals surface area contributed by atoms with Gasteiger partial charge < -0.3 is 10.3 Å². The van der Waals surface area contributed by atoms with Crippen LogP contribution in [-0.4, -0.2) is 25.7 Å². The first-order valence-corrected chi connectivity index (χ1v) is 6.42. The fourth-order valence-corrected chi connectivity index (χ4v) is 2.01. The zero-order chi connectivity index (χ0) is 14.8. The average Bonchev–Trinajstić information content (AvgIpc) is 2.90. The summed E-state index contributed by atoms with van der Waals surface area (Å²) < 4.78 is 1.60. The molecular formula is C14H13N5O2. The van der Waals surface area contributed by atoms with Gasteiger partial charge in [0.05, 0.1) is 18.4 Å². The Hall–Kier alpha value is -2.96. The molecule has 3 rings (SSSR count). The van der Waals surface area contributed by atoms with Crippen LogP contribution in [0, 0.1) is 0 Å². The third-order valence-corrected chi connectivity index (χ3v) is 2.99. The van der Waals surface area contributed by atoms with E-state index in [-0.39, 0.29) is 18.0 Å². The van der Waals surface area contributed by atoms with E-state index in [1.54, 1.807) is 4.68 Å². The molecule has 7 nitrogen and oxygen atoms in total. The second-order valence-electron chi connectivity index (χ2n) is 4.55. The number of hydrogen-bond donors (Lipinski definition) is 2. The Morgan fingerprint density at radius 1 is 1.33 bits per heavy atom. The quantitative estimate of drug-likeness (QED) is 0.741. The van der Waals surface area contributed by atoms with Gasteiger partial charge in [-0.15, -0.1) is 0 Å². The third-order valence-electron chi connectivity index (χ3n) is 2.99. The standard InChI is InChI=1S/C14H13N5O2/c1-9(20)15-8-12-17-13-11(14(21)18-12)7-16-19(13)10-5-3-2-4-6-10/h2-7H,8H2,1H3,(H,15,20)(H,17,18,21). The average molecular weight is 283 g/mol. The molecule has 106 valence electrons. The molecule has 0 aliphatic heterocycles. The van der Waals surface area contributed by atoms with Crippen LogP contribution in [0.5, 0.6) is 0 Å². The first kappa shape index (κ1) is 13.0. The normalized spacial score (nSPS) is 10.7. The van der Waals surface area contributed by atoms with Gasteiger partial charge in [0.1, 0.15) is 11.2 Å². The lowest BCUT2D eigenvalue weighted by molar-refractivity contribution is -0.119. The summed E-state index contributed by atoms with van der Waals surface area (Å²) in [7, 11) is 0. The van der Waals surface area contributed by atoms with Crippen molar-refractivity contribution in [2.24, 2.45) is 0 Å². The molecule has 0 saturated carbocycles. The second kappa shape index (κ2) is 5.20. The van der Waals surface area contributed by atoms with E-state index in [2.05, 4.69) is 20.4 Å². The number of nitrogens with zero attached hydrogens (tertiary/aromatic N) is 3. The van der Waals surface area contributed by atoms with Crippen molar-refractivity contribution in [2.45, 2.75) is 13.5 Å². The molecule has 0 atom stereocenters. The molecule has 1 amide bonds. The number of fused-ring (bicyclic) bond motifs is 1. The van der Waals surface area contributed by atoms with Gasteiger partial charge in [-0.1, -0.05) is 18.2 Å². The Balaban J connectivity index is 2.11. The number of nitrogens with one attached hydrogen (secondary N) is 2. The van der Waals surface area contributed by atoms with Crippen molar-refractivity contribution < 1.29 is 4.79 Å². The first-order valence-electron chi connectivity index (χ1n) is 6.42.